The van der Waals surface area contributed by atoms with Crippen molar-refractivity contribution in [1.29, 1.82) is 0 Å². The molecular weight excluding hydrogens is 356 g/mol. The number of ether oxygens (including phenoxy) is 1. The second kappa shape index (κ2) is 7.69. The molecule has 7 heteroatoms. The van der Waals surface area contributed by atoms with Gasteiger partial charge < -0.3 is 10.5 Å². The molecule has 0 bridgehead atoms. The third-order valence-corrected chi connectivity index (χ3v) is 5.78. The van der Waals surface area contributed by atoms with E-state index < -0.39 is 10.0 Å². The van der Waals surface area contributed by atoms with Gasteiger partial charge in [-0.25, -0.2) is 13.1 Å². The van der Waals surface area contributed by atoms with E-state index >= 15 is 0 Å². The van der Waals surface area contributed by atoms with Gasteiger partial charge in [0.05, 0.1) is 4.90 Å². The van der Waals surface area contributed by atoms with Gasteiger partial charge in [-0.05, 0) is 58.8 Å². The Kier molecular flexibility index (Phi) is 6.19. The highest BCUT2D eigenvalue weighted by Crippen LogP contribution is 2.28. The van der Waals surface area contributed by atoms with Crippen molar-refractivity contribution < 1.29 is 13.2 Å². The fourth-order valence-electron chi connectivity index (χ4n) is 1.87. The zero-order valence-electron chi connectivity index (χ0n) is 11.8. The van der Waals surface area contributed by atoms with Crippen LogP contribution in [0.4, 0.5) is 0 Å². The number of rotatable bonds is 9. The molecule has 0 atom stereocenters. The lowest BCUT2D eigenvalue weighted by molar-refractivity contribution is 0.123. The van der Waals surface area contributed by atoms with Crippen molar-refractivity contribution in [3.05, 3.63) is 28.2 Å². The second-order valence-corrected chi connectivity index (χ2v) is 7.83. The Labute approximate surface area is 134 Å². The van der Waals surface area contributed by atoms with E-state index in [0.717, 1.165) is 18.1 Å². The van der Waals surface area contributed by atoms with Gasteiger partial charge in [0.2, 0.25) is 10.0 Å². The molecule has 0 aliphatic heterocycles. The quantitative estimate of drug-likeness (QED) is 0.645. The first-order valence-corrected chi connectivity index (χ1v) is 9.36. The first-order chi connectivity index (χ1) is 10.0. The molecule has 1 fully saturated rings. The van der Waals surface area contributed by atoms with Crippen LogP contribution < -0.4 is 10.5 Å². The average Bonchev–Trinajstić information content (AvgIpc) is 3.27. The van der Waals surface area contributed by atoms with E-state index in [-0.39, 0.29) is 4.90 Å². The van der Waals surface area contributed by atoms with E-state index in [0.29, 0.717) is 30.6 Å². The van der Waals surface area contributed by atoms with Crippen LogP contribution in [-0.4, -0.2) is 28.2 Å². The Morgan fingerprint density at radius 3 is 2.81 bits per heavy atom. The van der Waals surface area contributed by atoms with Crippen molar-refractivity contribution in [2.24, 2.45) is 11.7 Å². The van der Waals surface area contributed by atoms with Gasteiger partial charge in [0.15, 0.2) is 0 Å². The van der Waals surface area contributed by atoms with E-state index in [9.17, 15) is 8.42 Å². The lowest BCUT2D eigenvalue weighted by Crippen LogP contribution is -2.26. The van der Waals surface area contributed by atoms with Gasteiger partial charge in [0.1, 0.15) is 0 Å². The van der Waals surface area contributed by atoms with Gasteiger partial charge in [-0.2, -0.15) is 0 Å². The van der Waals surface area contributed by atoms with Crippen molar-refractivity contribution in [2.45, 2.75) is 30.7 Å². The smallest absolute Gasteiger partial charge is 0.241 e. The van der Waals surface area contributed by atoms with Gasteiger partial charge >= 0.3 is 0 Å². The molecule has 5 nitrogen and oxygen atoms in total. The maximum absolute atomic E-state index is 12.2. The zero-order chi connectivity index (χ0) is 15.3. The predicted octanol–water partition coefficient (Wildman–Crippen LogP) is 2.00. The van der Waals surface area contributed by atoms with E-state index in [1.54, 1.807) is 18.2 Å². The molecule has 3 N–H and O–H groups in total. The molecule has 0 saturated heterocycles. The number of benzene rings is 1. The highest BCUT2D eigenvalue weighted by molar-refractivity contribution is 9.10. The lowest BCUT2D eigenvalue weighted by atomic mass is 10.2. The Bertz CT molecular complexity index is 574. The summed E-state index contributed by atoms with van der Waals surface area (Å²) in [4.78, 5) is 0.226. The van der Waals surface area contributed by atoms with Crippen molar-refractivity contribution in [2.75, 3.05) is 19.8 Å². The predicted molar refractivity (Wildman–Crippen MR) is 85.4 cm³/mol. The number of nitrogens with two attached hydrogens (primary N) is 1. The fourth-order valence-corrected chi connectivity index (χ4v) is 3.96. The molecule has 0 amide bonds. The van der Waals surface area contributed by atoms with Gasteiger partial charge in [0, 0.05) is 30.8 Å². The van der Waals surface area contributed by atoms with E-state index in [1.165, 1.54) is 12.8 Å². The number of hydrogen-bond donors (Lipinski definition) is 2. The van der Waals surface area contributed by atoms with Gasteiger partial charge in [-0.3, -0.25) is 0 Å². The van der Waals surface area contributed by atoms with Crippen molar-refractivity contribution in [3.63, 3.8) is 0 Å². The first kappa shape index (κ1) is 16.9. The highest BCUT2D eigenvalue weighted by Gasteiger charge is 2.21. The van der Waals surface area contributed by atoms with Crippen LogP contribution in [0.5, 0.6) is 0 Å². The van der Waals surface area contributed by atoms with Gasteiger partial charge in [-0.15, -0.1) is 0 Å². The topological polar surface area (TPSA) is 81.4 Å². The SMILES string of the molecule is NCc1ccc(Br)c(S(=O)(=O)NCCCOCC2CC2)c1. The molecule has 1 aromatic rings. The minimum absolute atomic E-state index is 0.226. The summed E-state index contributed by atoms with van der Waals surface area (Å²) in [6.07, 6.45) is 3.19. The second-order valence-electron chi connectivity index (χ2n) is 5.24. The van der Waals surface area contributed by atoms with Gasteiger partial charge in [0.25, 0.3) is 0 Å². The van der Waals surface area contributed by atoms with Crippen LogP contribution in [0.1, 0.15) is 24.8 Å². The molecule has 118 valence electrons. The zero-order valence-corrected chi connectivity index (χ0v) is 14.2. The Morgan fingerprint density at radius 2 is 2.14 bits per heavy atom. The molecule has 0 unspecified atom stereocenters. The summed E-state index contributed by atoms with van der Waals surface area (Å²) < 4.78 is 33.1. The third kappa shape index (κ3) is 5.34. The molecule has 21 heavy (non-hydrogen) atoms. The molecule has 1 aliphatic carbocycles. The first-order valence-electron chi connectivity index (χ1n) is 7.09. The van der Waals surface area contributed by atoms with Gasteiger partial charge in [-0.1, -0.05) is 6.07 Å². The molecule has 0 radical (unpaired) electrons. The van der Waals surface area contributed by atoms with Crippen LogP contribution in [-0.2, 0) is 21.3 Å². The molecular formula is C14H21BrN2O3S. The number of hydrogen-bond acceptors (Lipinski definition) is 4. The van der Waals surface area contributed by atoms with E-state index in [4.69, 9.17) is 10.5 Å². The normalized spacial score (nSPS) is 15.3. The third-order valence-electron chi connectivity index (χ3n) is 3.33. The van der Waals surface area contributed by atoms with Crippen molar-refractivity contribution in [3.8, 4) is 0 Å². The van der Waals surface area contributed by atoms with Crippen LogP contribution in [0.25, 0.3) is 0 Å². The molecule has 0 aromatic heterocycles. The Morgan fingerprint density at radius 1 is 1.38 bits per heavy atom. The summed E-state index contributed by atoms with van der Waals surface area (Å²) in [5.41, 5.74) is 6.33. The summed E-state index contributed by atoms with van der Waals surface area (Å²) in [5, 5.41) is 0. The van der Waals surface area contributed by atoms with Crippen LogP contribution in [0, 0.1) is 5.92 Å². The lowest BCUT2D eigenvalue weighted by Gasteiger charge is -2.10. The monoisotopic (exact) mass is 376 g/mol. The van der Waals surface area contributed by atoms with E-state index in [2.05, 4.69) is 20.7 Å². The molecule has 0 heterocycles. The number of nitrogens with one attached hydrogen (secondary N) is 1. The molecule has 1 aliphatic rings. The highest BCUT2D eigenvalue weighted by atomic mass is 79.9. The van der Waals surface area contributed by atoms with Crippen molar-refractivity contribution >= 4 is 26.0 Å². The maximum Gasteiger partial charge on any atom is 0.241 e. The summed E-state index contributed by atoms with van der Waals surface area (Å²) in [6, 6.07) is 5.10. The summed E-state index contributed by atoms with van der Waals surface area (Å²) in [6.45, 7) is 2.07. The molecule has 2 rings (SSSR count). The van der Waals surface area contributed by atoms with Crippen molar-refractivity contribution in [1.82, 2.24) is 4.72 Å². The minimum atomic E-state index is -3.52. The van der Waals surface area contributed by atoms with Crippen LogP contribution in [0.2, 0.25) is 0 Å². The van der Waals surface area contributed by atoms with Crippen LogP contribution in [0.15, 0.2) is 27.6 Å². The minimum Gasteiger partial charge on any atom is -0.381 e. The fraction of sp³-hybridized carbons (Fsp3) is 0.571. The maximum atomic E-state index is 12.2. The Hall–Kier alpha value is -0.470. The molecule has 0 spiro atoms. The van der Waals surface area contributed by atoms with Crippen LogP contribution in [0.3, 0.4) is 0 Å². The molecule has 1 saturated carbocycles. The number of sulfonamides is 1. The summed E-state index contributed by atoms with van der Waals surface area (Å²) in [5.74, 6) is 0.733. The Balaban J connectivity index is 1.82. The largest absolute Gasteiger partial charge is 0.381 e. The van der Waals surface area contributed by atoms with E-state index in [1.807, 2.05) is 0 Å². The number of halogens is 1. The van der Waals surface area contributed by atoms with Crippen LogP contribution >= 0.6 is 15.9 Å². The summed E-state index contributed by atoms with van der Waals surface area (Å²) in [7, 11) is -3.52. The molecule has 1 aromatic carbocycles. The summed E-state index contributed by atoms with van der Waals surface area (Å²) >= 11 is 3.27. The average molecular weight is 377 g/mol. The standard InChI is InChI=1S/C14H21BrN2O3S/c15-13-5-4-12(9-16)8-14(13)21(18,19)17-6-1-7-20-10-11-2-3-11/h4-5,8,11,17H,1-3,6-7,9-10,16H2.